The van der Waals surface area contributed by atoms with E-state index in [1.165, 1.54) is 19.3 Å². The molecule has 0 bridgehead atoms. The van der Waals surface area contributed by atoms with Gasteiger partial charge in [0.2, 0.25) is 0 Å². The predicted octanol–water partition coefficient (Wildman–Crippen LogP) is 2.70. The Balaban J connectivity index is 2.63. The number of hydrogen-bond donors (Lipinski definition) is 0. The molecule has 1 rings (SSSR count). The lowest BCUT2D eigenvalue weighted by Crippen LogP contribution is -2.39. The van der Waals surface area contributed by atoms with Crippen LogP contribution in [0.2, 0.25) is 0 Å². The summed E-state index contributed by atoms with van der Waals surface area (Å²) in [4.78, 5) is 11.5. The van der Waals surface area contributed by atoms with Crippen molar-refractivity contribution in [3.8, 4) is 0 Å². The van der Waals surface area contributed by atoms with Crippen LogP contribution in [0.3, 0.4) is 0 Å². The first-order valence-corrected chi connectivity index (χ1v) is 5.27. The Kier molecular flexibility index (Phi) is 3.91. The van der Waals surface area contributed by atoms with Crippen molar-refractivity contribution in [2.24, 2.45) is 0 Å². The molecule has 0 aromatic heterocycles. The fourth-order valence-corrected chi connectivity index (χ4v) is 2.18. The van der Waals surface area contributed by atoms with E-state index in [4.69, 9.17) is 4.74 Å². The van der Waals surface area contributed by atoms with Gasteiger partial charge in [0.1, 0.15) is 5.60 Å². The van der Waals surface area contributed by atoms with Crippen molar-refractivity contribution in [2.45, 2.75) is 57.5 Å². The van der Waals surface area contributed by atoms with Gasteiger partial charge in [-0.05, 0) is 19.8 Å². The summed E-state index contributed by atoms with van der Waals surface area (Å²) >= 11 is 0. The number of carbonyl (C=O) groups is 1. The topological polar surface area (TPSA) is 26.3 Å². The zero-order chi connectivity index (χ0) is 9.73. The summed E-state index contributed by atoms with van der Waals surface area (Å²) < 4.78 is 5.43. The van der Waals surface area contributed by atoms with E-state index < -0.39 is 5.60 Å². The zero-order valence-corrected chi connectivity index (χ0v) is 8.77. The molecule has 2 heteroatoms. The number of methoxy groups -OCH3 is 1. The summed E-state index contributed by atoms with van der Waals surface area (Å²) in [7, 11) is 1.67. The fraction of sp³-hybridized carbons (Fsp3) is 0.909. The molecule has 76 valence electrons. The summed E-state index contributed by atoms with van der Waals surface area (Å²) in [6, 6.07) is 0. The van der Waals surface area contributed by atoms with E-state index in [2.05, 4.69) is 0 Å². The van der Waals surface area contributed by atoms with Crippen molar-refractivity contribution in [2.75, 3.05) is 7.11 Å². The third kappa shape index (κ3) is 2.53. The lowest BCUT2D eigenvalue weighted by Gasteiger charge is -2.31. The van der Waals surface area contributed by atoms with E-state index in [1.54, 1.807) is 14.0 Å². The van der Waals surface area contributed by atoms with Crippen LogP contribution in [-0.2, 0) is 9.53 Å². The van der Waals surface area contributed by atoms with Gasteiger partial charge in [0.15, 0.2) is 5.78 Å². The van der Waals surface area contributed by atoms with Crippen molar-refractivity contribution >= 4 is 5.78 Å². The molecule has 0 atom stereocenters. The van der Waals surface area contributed by atoms with Crippen LogP contribution in [0.5, 0.6) is 0 Å². The molecule has 0 amide bonds. The van der Waals surface area contributed by atoms with Gasteiger partial charge in [0.25, 0.3) is 0 Å². The average Bonchev–Trinajstić information content (AvgIpc) is 2.04. The highest BCUT2D eigenvalue weighted by Crippen LogP contribution is 2.29. The number of ketones is 1. The Hall–Kier alpha value is -0.370. The van der Waals surface area contributed by atoms with E-state index in [0.29, 0.717) is 0 Å². The minimum atomic E-state index is -0.444. The van der Waals surface area contributed by atoms with Gasteiger partial charge in [-0.2, -0.15) is 0 Å². The van der Waals surface area contributed by atoms with Crippen LogP contribution < -0.4 is 0 Å². The molecule has 0 saturated heterocycles. The Morgan fingerprint density at radius 3 is 1.92 bits per heavy atom. The molecule has 0 unspecified atom stereocenters. The highest BCUT2D eigenvalue weighted by molar-refractivity contribution is 5.84. The van der Waals surface area contributed by atoms with Crippen LogP contribution in [0.4, 0.5) is 0 Å². The smallest absolute Gasteiger partial charge is 0.161 e. The Morgan fingerprint density at radius 1 is 1.08 bits per heavy atom. The highest BCUT2D eigenvalue weighted by atomic mass is 16.5. The maximum atomic E-state index is 11.5. The lowest BCUT2D eigenvalue weighted by molar-refractivity contribution is -0.141. The molecule has 0 radical (unpaired) electrons. The minimum absolute atomic E-state index is 0.205. The highest BCUT2D eigenvalue weighted by Gasteiger charge is 2.34. The molecule has 0 spiro atoms. The monoisotopic (exact) mass is 184 g/mol. The summed E-state index contributed by atoms with van der Waals surface area (Å²) in [5, 5.41) is 0. The second kappa shape index (κ2) is 4.75. The van der Waals surface area contributed by atoms with Gasteiger partial charge in [0, 0.05) is 7.11 Å². The van der Waals surface area contributed by atoms with Crippen molar-refractivity contribution in [3.63, 3.8) is 0 Å². The molecule has 1 aliphatic rings. The third-order valence-electron chi connectivity index (χ3n) is 3.19. The first kappa shape index (κ1) is 10.7. The lowest BCUT2D eigenvalue weighted by atomic mass is 9.84. The van der Waals surface area contributed by atoms with Gasteiger partial charge >= 0.3 is 0 Å². The molecule has 0 heterocycles. The van der Waals surface area contributed by atoms with E-state index >= 15 is 0 Å². The molecular weight excluding hydrogens is 164 g/mol. The minimum Gasteiger partial charge on any atom is -0.370 e. The number of Topliss-reactive ketones (excluding diaryl/α,β-unsaturated/α-hetero) is 1. The Labute approximate surface area is 80.7 Å². The molecule has 0 aromatic rings. The summed E-state index contributed by atoms with van der Waals surface area (Å²) in [6.45, 7) is 1.66. The molecular formula is C11H20O2. The first-order chi connectivity index (χ1) is 6.21. The van der Waals surface area contributed by atoms with Gasteiger partial charge < -0.3 is 4.74 Å². The van der Waals surface area contributed by atoms with Crippen molar-refractivity contribution in [1.29, 1.82) is 0 Å². The van der Waals surface area contributed by atoms with Crippen molar-refractivity contribution in [1.82, 2.24) is 0 Å². The standard InChI is InChI=1S/C11H20O2/c1-10(12)11(13-2)8-6-4-3-5-7-9-11/h3-9H2,1-2H3. The molecule has 0 aliphatic heterocycles. The number of rotatable bonds is 2. The SMILES string of the molecule is COC1(C(C)=O)CCCCCCC1. The van der Waals surface area contributed by atoms with Crippen LogP contribution in [0.25, 0.3) is 0 Å². The second-order valence-electron chi connectivity index (χ2n) is 4.02. The van der Waals surface area contributed by atoms with E-state index in [0.717, 1.165) is 25.7 Å². The normalized spacial score (nSPS) is 23.2. The van der Waals surface area contributed by atoms with Crippen LogP contribution in [-0.4, -0.2) is 18.5 Å². The summed E-state index contributed by atoms with van der Waals surface area (Å²) in [5.41, 5.74) is -0.444. The number of carbonyl (C=O) groups excluding carboxylic acids is 1. The molecule has 0 aromatic carbocycles. The second-order valence-corrected chi connectivity index (χ2v) is 4.02. The fourth-order valence-electron chi connectivity index (χ4n) is 2.18. The van der Waals surface area contributed by atoms with E-state index in [1.807, 2.05) is 0 Å². The molecule has 0 N–H and O–H groups in total. The number of ether oxygens (including phenoxy) is 1. The van der Waals surface area contributed by atoms with Crippen LogP contribution in [0, 0.1) is 0 Å². The van der Waals surface area contributed by atoms with E-state index in [9.17, 15) is 4.79 Å². The zero-order valence-electron chi connectivity index (χ0n) is 8.77. The largest absolute Gasteiger partial charge is 0.370 e. The Morgan fingerprint density at radius 2 is 1.54 bits per heavy atom. The van der Waals surface area contributed by atoms with Gasteiger partial charge in [-0.25, -0.2) is 0 Å². The average molecular weight is 184 g/mol. The maximum absolute atomic E-state index is 11.5. The van der Waals surface area contributed by atoms with E-state index in [-0.39, 0.29) is 5.78 Å². The quantitative estimate of drug-likeness (QED) is 0.659. The van der Waals surface area contributed by atoms with Crippen LogP contribution in [0.1, 0.15) is 51.9 Å². The van der Waals surface area contributed by atoms with Gasteiger partial charge in [-0.3, -0.25) is 4.79 Å². The van der Waals surface area contributed by atoms with Gasteiger partial charge in [-0.1, -0.05) is 32.1 Å². The third-order valence-corrected chi connectivity index (χ3v) is 3.19. The number of hydrogen-bond acceptors (Lipinski definition) is 2. The maximum Gasteiger partial charge on any atom is 0.161 e. The predicted molar refractivity (Wildman–Crippen MR) is 52.7 cm³/mol. The van der Waals surface area contributed by atoms with Crippen LogP contribution >= 0.6 is 0 Å². The first-order valence-electron chi connectivity index (χ1n) is 5.27. The molecule has 13 heavy (non-hydrogen) atoms. The van der Waals surface area contributed by atoms with Crippen molar-refractivity contribution < 1.29 is 9.53 Å². The molecule has 1 saturated carbocycles. The summed E-state index contributed by atoms with van der Waals surface area (Å²) in [5.74, 6) is 0.205. The molecule has 2 nitrogen and oxygen atoms in total. The molecule has 1 fully saturated rings. The van der Waals surface area contributed by atoms with Crippen LogP contribution in [0.15, 0.2) is 0 Å². The van der Waals surface area contributed by atoms with Gasteiger partial charge in [-0.15, -0.1) is 0 Å². The Bertz CT molecular complexity index is 167. The summed E-state index contributed by atoms with van der Waals surface area (Å²) in [6.07, 6.45) is 7.91. The van der Waals surface area contributed by atoms with Crippen molar-refractivity contribution in [3.05, 3.63) is 0 Å². The molecule has 1 aliphatic carbocycles. The van der Waals surface area contributed by atoms with Gasteiger partial charge in [0.05, 0.1) is 0 Å².